The fourth-order valence-corrected chi connectivity index (χ4v) is 1.45. The molecule has 0 aliphatic rings. The molecule has 1 rings (SSSR count). The third-order valence-corrected chi connectivity index (χ3v) is 2.67. The number of halogens is 6. The highest BCUT2D eigenvalue weighted by Gasteiger charge is 2.39. The molecule has 1 unspecified atom stereocenters. The zero-order valence-corrected chi connectivity index (χ0v) is 10.2. The van der Waals surface area contributed by atoms with E-state index in [0.29, 0.717) is 6.07 Å². The number of rotatable bonds is 3. The Bertz CT molecular complexity index is 480. The van der Waals surface area contributed by atoms with Gasteiger partial charge in [0, 0.05) is 12.6 Å². The first-order chi connectivity index (χ1) is 8.25. The summed E-state index contributed by atoms with van der Waals surface area (Å²) in [6, 6.07) is 2.56. The van der Waals surface area contributed by atoms with Crippen molar-refractivity contribution >= 4 is 21.6 Å². The van der Waals surface area contributed by atoms with Crippen LogP contribution in [-0.4, -0.2) is 12.7 Å². The summed E-state index contributed by atoms with van der Waals surface area (Å²) in [4.78, 5) is 0. The van der Waals surface area contributed by atoms with E-state index in [2.05, 4.69) is 21.2 Å². The Morgan fingerprint density at radius 2 is 1.89 bits per heavy atom. The van der Waals surface area contributed by atoms with Crippen LogP contribution in [-0.2, 0) is 0 Å². The van der Waals surface area contributed by atoms with Crippen LogP contribution in [0.3, 0.4) is 0 Å². The topological polar surface area (TPSA) is 35.8 Å². The van der Waals surface area contributed by atoms with Gasteiger partial charge in [-0.1, -0.05) is 0 Å². The fourth-order valence-electron chi connectivity index (χ4n) is 1.10. The van der Waals surface area contributed by atoms with Gasteiger partial charge in [0.1, 0.15) is 11.6 Å². The third kappa shape index (κ3) is 3.57. The largest absolute Gasteiger partial charge is 0.406 e. The van der Waals surface area contributed by atoms with Gasteiger partial charge in [-0.15, -0.1) is 0 Å². The number of hydrogen-bond donors (Lipinski definition) is 1. The fraction of sp³-hybridized carbons (Fsp3) is 0.300. The molecule has 2 nitrogen and oxygen atoms in total. The molecule has 0 amide bonds. The van der Waals surface area contributed by atoms with Gasteiger partial charge in [0.05, 0.1) is 16.2 Å². The van der Waals surface area contributed by atoms with Crippen molar-refractivity contribution in [2.45, 2.75) is 6.18 Å². The number of nitrogens with one attached hydrogen (secondary N) is 1. The van der Waals surface area contributed by atoms with Gasteiger partial charge in [-0.25, -0.2) is 8.78 Å². The zero-order valence-electron chi connectivity index (χ0n) is 8.65. The molecule has 1 aromatic carbocycles. The molecular formula is C10H6BrF5N2. The first-order valence-corrected chi connectivity index (χ1v) is 5.39. The Labute approximate surface area is 108 Å². The van der Waals surface area contributed by atoms with Crippen LogP contribution in [0.4, 0.5) is 27.6 Å². The lowest BCUT2D eigenvalue weighted by molar-refractivity contribution is -0.155. The second kappa shape index (κ2) is 5.52. The summed E-state index contributed by atoms with van der Waals surface area (Å²) in [5, 5.41) is 10.5. The smallest absolute Gasteiger partial charge is 0.381 e. The Kier molecular flexibility index (Phi) is 4.51. The summed E-state index contributed by atoms with van der Waals surface area (Å²) in [5.74, 6) is -4.17. The number of anilines is 1. The summed E-state index contributed by atoms with van der Waals surface area (Å²) >= 11 is 2.77. The number of hydrogen-bond acceptors (Lipinski definition) is 2. The van der Waals surface area contributed by atoms with Crippen molar-refractivity contribution in [1.82, 2.24) is 0 Å². The summed E-state index contributed by atoms with van der Waals surface area (Å²) in [6.07, 6.45) is -4.70. The van der Waals surface area contributed by atoms with Crippen LogP contribution in [0.25, 0.3) is 0 Å². The zero-order chi connectivity index (χ0) is 13.9. The summed E-state index contributed by atoms with van der Waals surface area (Å²) in [5.41, 5.74) is -0.312. The minimum atomic E-state index is -4.70. The molecule has 18 heavy (non-hydrogen) atoms. The average Bonchev–Trinajstić information content (AvgIpc) is 2.24. The lowest BCUT2D eigenvalue weighted by Crippen LogP contribution is -2.28. The Morgan fingerprint density at radius 3 is 2.39 bits per heavy atom. The van der Waals surface area contributed by atoms with E-state index in [-0.39, 0.29) is 10.2 Å². The molecule has 0 bridgehead atoms. The van der Waals surface area contributed by atoms with Gasteiger partial charge in [-0.2, -0.15) is 18.4 Å². The molecule has 98 valence electrons. The van der Waals surface area contributed by atoms with Crippen LogP contribution < -0.4 is 5.32 Å². The van der Waals surface area contributed by atoms with Crippen molar-refractivity contribution in [2.24, 2.45) is 5.92 Å². The van der Waals surface area contributed by atoms with E-state index in [1.807, 2.05) is 0 Å². The van der Waals surface area contributed by atoms with Gasteiger partial charge in [0.25, 0.3) is 0 Å². The van der Waals surface area contributed by atoms with Crippen molar-refractivity contribution in [3.8, 4) is 6.07 Å². The van der Waals surface area contributed by atoms with E-state index in [1.54, 1.807) is 0 Å². The van der Waals surface area contributed by atoms with E-state index in [0.717, 1.165) is 12.1 Å². The number of alkyl halides is 3. The maximum atomic E-state index is 13.2. The Balaban J connectivity index is 2.81. The second-order valence-electron chi connectivity index (χ2n) is 3.35. The summed E-state index contributed by atoms with van der Waals surface area (Å²) in [7, 11) is 0. The SMILES string of the molecule is N#CC(CNc1cc(Br)c(F)cc1F)C(F)(F)F. The van der Waals surface area contributed by atoms with Gasteiger partial charge >= 0.3 is 6.18 Å². The van der Waals surface area contributed by atoms with Gasteiger partial charge in [-0.3, -0.25) is 0 Å². The molecule has 8 heteroatoms. The van der Waals surface area contributed by atoms with Crippen LogP contribution in [0.1, 0.15) is 0 Å². The molecule has 0 heterocycles. The molecular weight excluding hydrogens is 323 g/mol. The maximum Gasteiger partial charge on any atom is 0.406 e. The molecule has 0 spiro atoms. The molecule has 0 radical (unpaired) electrons. The van der Waals surface area contributed by atoms with Crippen LogP contribution in [0.5, 0.6) is 0 Å². The van der Waals surface area contributed by atoms with Gasteiger partial charge < -0.3 is 5.32 Å². The van der Waals surface area contributed by atoms with E-state index in [4.69, 9.17) is 5.26 Å². The van der Waals surface area contributed by atoms with Crippen molar-refractivity contribution in [3.63, 3.8) is 0 Å². The van der Waals surface area contributed by atoms with Crippen LogP contribution in [0.2, 0.25) is 0 Å². The minimum Gasteiger partial charge on any atom is -0.381 e. The van der Waals surface area contributed by atoms with Crippen molar-refractivity contribution in [3.05, 3.63) is 28.2 Å². The normalized spacial score (nSPS) is 12.9. The van der Waals surface area contributed by atoms with Gasteiger partial charge in [0.15, 0.2) is 5.92 Å². The highest BCUT2D eigenvalue weighted by Crippen LogP contribution is 2.28. The number of benzene rings is 1. The van der Waals surface area contributed by atoms with Crippen molar-refractivity contribution < 1.29 is 22.0 Å². The van der Waals surface area contributed by atoms with Crippen LogP contribution in [0, 0.1) is 28.9 Å². The van der Waals surface area contributed by atoms with E-state index < -0.39 is 30.3 Å². The molecule has 1 atom stereocenters. The average molecular weight is 329 g/mol. The Hall–Kier alpha value is -1.36. The number of nitriles is 1. The summed E-state index contributed by atoms with van der Waals surface area (Å²) < 4.78 is 62.7. The molecule has 1 N–H and O–H groups in total. The molecule has 0 aliphatic heterocycles. The van der Waals surface area contributed by atoms with E-state index >= 15 is 0 Å². The van der Waals surface area contributed by atoms with E-state index in [9.17, 15) is 22.0 Å². The molecule has 0 fully saturated rings. The number of nitrogens with zero attached hydrogens (tertiary/aromatic N) is 1. The van der Waals surface area contributed by atoms with Crippen LogP contribution in [0.15, 0.2) is 16.6 Å². The molecule has 1 aromatic rings. The molecule has 0 saturated carbocycles. The van der Waals surface area contributed by atoms with Crippen molar-refractivity contribution in [1.29, 1.82) is 5.26 Å². The highest BCUT2D eigenvalue weighted by molar-refractivity contribution is 9.10. The summed E-state index contributed by atoms with van der Waals surface area (Å²) in [6.45, 7) is -0.811. The van der Waals surface area contributed by atoms with E-state index in [1.165, 1.54) is 0 Å². The first-order valence-electron chi connectivity index (χ1n) is 4.60. The third-order valence-electron chi connectivity index (χ3n) is 2.06. The molecule has 0 saturated heterocycles. The Morgan fingerprint density at radius 1 is 1.28 bits per heavy atom. The predicted octanol–water partition coefficient (Wildman–Crippen LogP) is 3.84. The monoisotopic (exact) mass is 328 g/mol. The lowest BCUT2D eigenvalue weighted by atomic mass is 10.1. The first kappa shape index (κ1) is 14.7. The van der Waals surface area contributed by atoms with Gasteiger partial charge in [-0.05, 0) is 22.0 Å². The minimum absolute atomic E-state index is 0.0908. The lowest BCUT2D eigenvalue weighted by Gasteiger charge is -2.15. The standard InChI is InChI=1S/C10H6BrF5N2/c11-6-1-9(8(13)2-7(6)12)18-4-5(3-17)10(14,15)16/h1-2,5,18H,4H2. The maximum absolute atomic E-state index is 13.2. The quantitative estimate of drug-likeness (QED) is 0.676. The molecule has 0 aromatic heterocycles. The van der Waals surface area contributed by atoms with Gasteiger partial charge in [0.2, 0.25) is 0 Å². The highest BCUT2D eigenvalue weighted by atomic mass is 79.9. The molecule has 0 aliphatic carbocycles. The predicted molar refractivity (Wildman–Crippen MR) is 57.7 cm³/mol. The van der Waals surface area contributed by atoms with Crippen LogP contribution >= 0.6 is 15.9 Å². The van der Waals surface area contributed by atoms with Crippen molar-refractivity contribution in [2.75, 3.05) is 11.9 Å². The second-order valence-corrected chi connectivity index (χ2v) is 4.20.